The third kappa shape index (κ3) is 4.71. The summed E-state index contributed by atoms with van der Waals surface area (Å²) in [5.74, 6) is -1.69. The van der Waals surface area contributed by atoms with Crippen molar-refractivity contribution in [3.63, 3.8) is 0 Å². The van der Waals surface area contributed by atoms with Crippen LogP contribution in [0.3, 0.4) is 0 Å². The number of thiazole rings is 1. The molecular formula is C14H11N3O5S. The highest BCUT2D eigenvalue weighted by molar-refractivity contribution is 7.14. The number of rotatable bonds is 7. The van der Waals surface area contributed by atoms with Gasteiger partial charge in [0.25, 0.3) is 0 Å². The minimum Gasteiger partial charge on any atom is -0.476 e. The van der Waals surface area contributed by atoms with Crippen LogP contribution in [0.1, 0.15) is 11.3 Å². The lowest BCUT2D eigenvalue weighted by Crippen LogP contribution is -2.17. The van der Waals surface area contributed by atoms with Gasteiger partial charge in [-0.2, -0.15) is 0 Å². The summed E-state index contributed by atoms with van der Waals surface area (Å²) in [5.41, 5.74) is 0.296. The fourth-order valence-corrected chi connectivity index (χ4v) is 2.37. The number of carbonyl (C=O) groups excluding carboxylic acids is 2. The summed E-state index contributed by atoms with van der Waals surface area (Å²) >= 11 is 1.04. The van der Waals surface area contributed by atoms with Crippen molar-refractivity contribution in [2.45, 2.75) is 6.42 Å². The van der Waals surface area contributed by atoms with Crippen LogP contribution >= 0.6 is 11.3 Å². The number of hydrogen-bond acceptors (Lipinski definition) is 7. The zero-order valence-corrected chi connectivity index (χ0v) is 12.4. The average molecular weight is 333 g/mol. The molecule has 0 fully saturated rings. The van der Waals surface area contributed by atoms with E-state index >= 15 is 0 Å². The maximum Gasteiger partial charge on any atom is 0.360 e. The Hall–Kier alpha value is -3.07. The van der Waals surface area contributed by atoms with E-state index < -0.39 is 11.7 Å². The summed E-state index contributed by atoms with van der Waals surface area (Å²) in [6, 6.07) is 9.14. The largest absolute Gasteiger partial charge is 0.476 e. The molecule has 2 N–H and O–H groups in total. The molecule has 0 unspecified atom stereocenters. The number of carboxylic acids is 1. The van der Waals surface area contributed by atoms with Crippen LogP contribution in [0, 0.1) is 0 Å². The van der Waals surface area contributed by atoms with Gasteiger partial charge in [0.2, 0.25) is 11.6 Å². The molecule has 0 bridgehead atoms. The number of nitrogens with zero attached hydrogens (tertiary/aromatic N) is 2. The summed E-state index contributed by atoms with van der Waals surface area (Å²) < 4.78 is 0. The molecule has 23 heavy (non-hydrogen) atoms. The normalized spacial score (nSPS) is 10.9. The highest BCUT2D eigenvalue weighted by Crippen LogP contribution is 2.17. The number of hydrogen-bond donors (Lipinski definition) is 2. The van der Waals surface area contributed by atoms with Gasteiger partial charge < -0.3 is 15.3 Å². The second-order valence-corrected chi connectivity index (χ2v) is 5.05. The molecule has 0 spiro atoms. The molecule has 2 aromatic rings. The van der Waals surface area contributed by atoms with Crippen LogP contribution in [0.15, 0.2) is 40.9 Å². The smallest absolute Gasteiger partial charge is 0.360 e. The van der Waals surface area contributed by atoms with Gasteiger partial charge in [-0.3, -0.25) is 9.59 Å². The fourth-order valence-electron chi connectivity index (χ4n) is 1.65. The quantitative estimate of drug-likeness (QED) is 0.341. The summed E-state index contributed by atoms with van der Waals surface area (Å²) in [5, 5.41) is 16.3. The van der Waals surface area contributed by atoms with Crippen LogP contribution in [0.5, 0.6) is 0 Å². The van der Waals surface area contributed by atoms with Gasteiger partial charge in [0.1, 0.15) is 5.69 Å². The van der Waals surface area contributed by atoms with Crippen LogP contribution in [-0.4, -0.2) is 34.2 Å². The lowest BCUT2D eigenvalue weighted by atomic mass is 10.1. The average Bonchev–Trinajstić information content (AvgIpc) is 2.96. The summed E-state index contributed by atoms with van der Waals surface area (Å²) in [7, 11) is 0. The minimum atomic E-state index is -1.40. The van der Waals surface area contributed by atoms with Crippen molar-refractivity contribution in [2.75, 3.05) is 5.32 Å². The number of carbonyl (C=O) groups is 3. The van der Waals surface area contributed by atoms with Gasteiger partial charge in [-0.25, -0.2) is 9.78 Å². The van der Waals surface area contributed by atoms with Gasteiger partial charge in [-0.15, -0.1) is 11.3 Å². The summed E-state index contributed by atoms with van der Waals surface area (Å²) in [4.78, 5) is 41.1. The van der Waals surface area contributed by atoms with Crippen molar-refractivity contribution >= 4 is 40.5 Å². The zero-order chi connectivity index (χ0) is 16.7. The van der Waals surface area contributed by atoms with Crippen molar-refractivity contribution in [3.05, 3.63) is 47.0 Å². The number of benzene rings is 1. The third-order valence-electron chi connectivity index (χ3n) is 2.59. The molecule has 0 aliphatic heterocycles. The van der Waals surface area contributed by atoms with E-state index in [4.69, 9.17) is 5.11 Å². The molecule has 1 amide bonds. The zero-order valence-electron chi connectivity index (χ0n) is 11.6. The Kier molecular flexibility index (Phi) is 5.53. The SMILES string of the molecule is O=CON=C(C(=O)O)c1csc(NC(=O)Cc2ccccc2)n1. The van der Waals surface area contributed by atoms with E-state index in [-0.39, 0.29) is 29.6 Å². The predicted molar refractivity (Wildman–Crippen MR) is 82.2 cm³/mol. The van der Waals surface area contributed by atoms with Crippen LogP contribution in [0.25, 0.3) is 0 Å². The van der Waals surface area contributed by atoms with Crippen molar-refractivity contribution in [2.24, 2.45) is 5.16 Å². The fraction of sp³-hybridized carbons (Fsp3) is 0.0714. The lowest BCUT2D eigenvalue weighted by molar-refractivity contribution is -0.130. The first kappa shape index (κ1) is 16.3. The van der Waals surface area contributed by atoms with E-state index in [2.05, 4.69) is 20.3 Å². The van der Waals surface area contributed by atoms with Gasteiger partial charge in [0.05, 0.1) is 6.42 Å². The van der Waals surface area contributed by atoms with Gasteiger partial charge >= 0.3 is 12.4 Å². The Bertz CT molecular complexity index is 742. The number of nitrogens with one attached hydrogen (secondary N) is 1. The maximum atomic E-state index is 11.9. The molecule has 1 aromatic heterocycles. The molecule has 1 heterocycles. The lowest BCUT2D eigenvalue weighted by Gasteiger charge is -2.01. The van der Waals surface area contributed by atoms with Crippen LogP contribution in [0.2, 0.25) is 0 Å². The molecule has 0 aliphatic rings. The van der Waals surface area contributed by atoms with E-state index in [0.717, 1.165) is 16.9 Å². The van der Waals surface area contributed by atoms with Gasteiger partial charge in [-0.05, 0) is 5.56 Å². The first-order valence-corrected chi connectivity index (χ1v) is 7.18. The Morgan fingerprint density at radius 2 is 2.09 bits per heavy atom. The minimum absolute atomic E-state index is 0.00213. The van der Waals surface area contributed by atoms with Crippen molar-refractivity contribution in [1.29, 1.82) is 0 Å². The Morgan fingerprint density at radius 3 is 2.74 bits per heavy atom. The van der Waals surface area contributed by atoms with Crippen LogP contribution in [-0.2, 0) is 25.6 Å². The molecule has 0 aliphatic carbocycles. The van der Waals surface area contributed by atoms with E-state index in [9.17, 15) is 14.4 Å². The number of carboxylic acid groups (broad SMARTS) is 1. The number of anilines is 1. The number of aliphatic carboxylic acids is 1. The molecule has 9 heteroatoms. The van der Waals surface area contributed by atoms with E-state index in [0.29, 0.717) is 0 Å². The van der Waals surface area contributed by atoms with Gasteiger partial charge in [0.15, 0.2) is 5.13 Å². The molecule has 0 atom stereocenters. The van der Waals surface area contributed by atoms with Gasteiger partial charge in [0, 0.05) is 5.38 Å². The number of aromatic nitrogens is 1. The summed E-state index contributed by atoms with van der Waals surface area (Å²) in [6.07, 6.45) is 0.171. The van der Waals surface area contributed by atoms with E-state index in [1.165, 1.54) is 5.38 Å². The molecule has 0 radical (unpaired) electrons. The maximum absolute atomic E-state index is 11.9. The van der Waals surface area contributed by atoms with Crippen molar-refractivity contribution in [3.8, 4) is 0 Å². The van der Waals surface area contributed by atoms with Gasteiger partial charge in [-0.1, -0.05) is 35.5 Å². The first-order valence-electron chi connectivity index (χ1n) is 6.30. The number of oxime groups is 1. The van der Waals surface area contributed by atoms with Crippen molar-refractivity contribution < 1.29 is 24.3 Å². The first-order chi connectivity index (χ1) is 11.1. The Balaban J connectivity index is 2.05. The highest BCUT2D eigenvalue weighted by Gasteiger charge is 2.18. The molecule has 2 rings (SSSR count). The standard InChI is InChI=1S/C14H11N3O5S/c18-8-22-17-12(13(20)21)10-7-23-14(15-10)16-11(19)6-9-4-2-1-3-5-9/h1-5,7-8H,6H2,(H,20,21)(H,15,16,19). The second kappa shape index (κ2) is 7.80. The highest BCUT2D eigenvalue weighted by atomic mass is 32.1. The molecule has 0 saturated heterocycles. The summed E-state index contributed by atoms with van der Waals surface area (Å²) in [6.45, 7) is -0.00213. The molecule has 8 nitrogen and oxygen atoms in total. The second-order valence-electron chi connectivity index (χ2n) is 4.20. The molecule has 0 saturated carbocycles. The van der Waals surface area contributed by atoms with E-state index in [1.807, 2.05) is 30.3 Å². The predicted octanol–water partition coefficient (Wildman–Crippen LogP) is 1.29. The monoisotopic (exact) mass is 333 g/mol. The Labute approximate surface area is 134 Å². The molecular weight excluding hydrogens is 322 g/mol. The van der Waals surface area contributed by atoms with Crippen LogP contribution in [0.4, 0.5) is 5.13 Å². The molecule has 1 aromatic carbocycles. The Morgan fingerprint density at radius 1 is 1.35 bits per heavy atom. The number of amides is 1. The topological polar surface area (TPSA) is 118 Å². The third-order valence-corrected chi connectivity index (χ3v) is 3.35. The molecule has 118 valence electrons. The van der Waals surface area contributed by atoms with E-state index in [1.54, 1.807) is 0 Å². The van der Waals surface area contributed by atoms with Crippen LogP contribution < -0.4 is 5.32 Å². The van der Waals surface area contributed by atoms with Crippen molar-refractivity contribution in [1.82, 2.24) is 4.98 Å².